The number of rotatable bonds is 3. The molecule has 0 saturated carbocycles. The summed E-state index contributed by atoms with van der Waals surface area (Å²) in [5.41, 5.74) is -0.00875. The standard InChI is InChI=1S/C23H14F6IN3/c1-30-13-33-20(12-32-16-7-5-15(6-8-16)22(24,25)26)17-9-4-14(11-19(17)30)21-18(23(27,28)29)3-2-10-31-21/h2-13H,1H2. The Balaban J connectivity index is 1.68. The van der Waals surface area contributed by atoms with Crippen molar-refractivity contribution in [1.29, 1.82) is 0 Å². The maximum Gasteiger partial charge on any atom is 0.418 e. The summed E-state index contributed by atoms with van der Waals surface area (Å²) in [5.74, 6) is 0. The van der Waals surface area contributed by atoms with Crippen LogP contribution >= 0.6 is 18.9 Å². The first-order valence-electron chi connectivity index (χ1n) is 9.31. The van der Waals surface area contributed by atoms with Gasteiger partial charge in [-0.2, -0.15) is 26.3 Å². The fraction of sp³-hybridized carbons (Fsp3) is 0.0870. The molecule has 0 amide bonds. The van der Waals surface area contributed by atoms with Crippen LogP contribution in [0.15, 0.2) is 70.8 Å². The van der Waals surface area contributed by atoms with Gasteiger partial charge in [0.15, 0.2) is 0 Å². The molecule has 1 aromatic heterocycles. The van der Waals surface area contributed by atoms with Crippen LogP contribution in [0.1, 0.15) is 16.7 Å². The van der Waals surface area contributed by atoms with Crippen molar-refractivity contribution in [1.82, 2.24) is 4.98 Å². The van der Waals surface area contributed by atoms with Gasteiger partial charge in [0.2, 0.25) is 0 Å². The topological polar surface area (TPSA) is 37.6 Å². The summed E-state index contributed by atoms with van der Waals surface area (Å²) in [6.07, 6.45) is -6.26. The van der Waals surface area contributed by atoms with E-state index in [1.807, 2.05) is 0 Å². The third-order valence-corrected chi connectivity index (χ3v) is 8.07. The SMILES string of the molecule is C=I1=CN=C(C=Nc2ccc(C(F)(F)F)cc2)c2ccc(-c3ncccc3C(F)(F)F)cc21. The Morgan fingerprint density at radius 1 is 0.909 bits per heavy atom. The van der Waals surface area contributed by atoms with Crippen LogP contribution in [-0.4, -0.2) is 25.6 Å². The summed E-state index contributed by atoms with van der Waals surface area (Å²) in [6, 6.07) is 11.4. The summed E-state index contributed by atoms with van der Waals surface area (Å²) >= 11 is -2.12. The van der Waals surface area contributed by atoms with E-state index in [1.54, 1.807) is 16.3 Å². The van der Waals surface area contributed by atoms with Gasteiger partial charge in [0.1, 0.15) is 0 Å². The second-order valence-corrected chi connectivity index (χ2v) is 10.9. The highest BCUT2D eigenvalue weighted by Gasteiger charge is 2.34. The zero-order valence-electron chi connectivity index (χ0n) is 16.6. The molecule has 1 aliphatic rings. The maximum absolute atomic E-state index is 13.4. The number of hydrogen-bond acceptors (Lipinski definition) is 3. The van der Waals surface area contributed by atoms with Gasteiger partial charge >= 0.3 is 12.4 Å². The highest BCUT2D eigenvalue weighted by Crippen LogP contribution is 2.38. The van der Waals surface area contributed by atoms with E-state index in [1.165, 1.54) is 36.7 Å². The monoisotopic (exact) mass is 573 g/mol. The van der Waals surface area contributed by atoms with E-state index in [-0.39, 0.29) is 5.69 Å². The molecule has 0 fully saturated rings. The first-order valence-corrected chi connectivity index (χ1v) is 13.2. The average molecular weight is 573 g/mol. The van der Waals surface area contributed by atoms with E-state index in [9.17, 15) is 26.3 Å². The number of fused-ring (bicyclic) bond motifs is 1. The number of benzene rings is 2. The molecular weight excluding hydrogens is 559 g/mol. The molecule has 170 valence electrons. The van der Waals surface area contributed by atoms with Crippen LogP contribution in [0, 0.1) is 3.57 Å². The Hall–Kier alpha value is -3.02. The lowest BCUT2D eigenvalue weighted by molar-refractivity contribution is -0.138. The van der Waals surface area contributed by atoms with Crippen molar-refractivity contribution in [2.45, 2.75) is 12.4 Å². The normalized spacial score (nSPS) is 14.7. The van der Waals surface area contributed by atoms with Crippen molar-refractivity contribution in [3.05, 3.63) is 81.1 Å². The zero-order chi connectivity index (χ0) is 23.8. The molecule has 1 aliphatic heterocycles. The van der Waals surface area contributed by atoms with Crippen molar-refractivity contribution < 1.29 is 26.3 Å². The summed E-state index contributed by atoms with van der Waals surface area (Å²) in [7, 11) is 0. The predicted molar refractivity (Wildman–Crippen MR) is 127 cm³/mol. The fourth-order valence-electron chi connectivity index (χ4n) is 3.14. The Morgan fingerprint density at radius 3 is 2.30 bits per heavy atom. The molecule has 0 saturated heterocycles. The van der Waals surface area contributed by atoms with Crippen LogP contribution < -0.4 is 0 Å². The minimum Gasteiger partial charge on any atom is -0.256 e. The maximum atomic E-state index is 13.4. The Bertz CT molecular complexity index is 1350. The van der Waals surface area contributed by atoms with Gasteiger partial charge in [-0.1, -0.05) is 16.6 Å². The number of alkyl halides is 6. The van der Waals surface area contributed by atoms with Gasteiger partial charge in [0, 0.05) is 20.9 Å². The lowest BCUT2D eigenvalue weighted by Crippen LogP contribution is -2.10. The molecule has 0 atom stereocenters. The lowest BCUT2D eigenvalue weighted by Gasteiger charge is -2.15. The molecule has 3 nitrogen and oxygen atoms in total. The Morgan fingerprint density at radius 2 is 1.64 bits per heavy atom. The minimum absolute atomic E-state index is 0.167. The molecule has 33 heavy (non-hydrogen) atoms. The van der Waals surface area contributed by atoms with E-state index < -0.39 is 42.4 Å². The molecule has 0 aliphatic carbocycles. The van der Waals surface area contributed by atoms with E-state index >= 15 is 0 Å². The second kappa shape index (κ2) is 8.73. The molecule has 0 bridgehead atoms. The number of nitrogens with zero attached hydrogens (tertiary/aromatic N) is 3. The second-order valence-electron chi connectivity index (χ2n) is 6.90. The zero-order valence-corrected chi connectivity index (χ0v) is 18.8. The molecule has 0 N–H and O–H groups in total. The van der Waals surface area contributed by atoms with Crippen molar-refractivity contribution in [2.75, 3.05) is 0 Å². The van der Waals surface area contributed by atoms with Crippen LogP contribution in [0.2, 0.25) is 0 Å². The van der Waals surface area contributed by atoms with Gasteiger partial charge < -0.3 is 0 Å². The van der Waals surface area contributed by atoms with Crippen molar-refractivity contribution in [2.24, 2.45) is 9.98 Å². The molecule has 4 rings (SSSR count). The molecule has 0 spiro atoms. The van der Waals surface area contributed by atoms with Crippen LogP contribution in [-0.2, 0) is 12.4 Å². The van der Waals surface area contributed by atoms with Crippen LogP contribution in [0.5, 0.6) is 0 Å². The smallest absolute Gasteiger partial charge is 0.256 e. The summed E-state index contributed by atoms with van der Waals surface area (Å²) in [6.45, 7) is 0. The van der Waals surface area contributed by atoms with Gasteiger partial charge in [0.05, 0.1) is 38.6 Å². The van der Waals surface area contributed by atoms with Gasteiger partial charge in [-0.3, -0.25) is 9.98 Å². The highest BCUT2D eigenvalue weighted by atomic mass is 127. The number of aromatic nitrogens is 1. The number of halogens is 7. The summed E-state index contributed by atoms with van der Waals surface area (Å²) in [4.78, 5) is 12.5. The fourth-order valence-corrected chi connectivity index (χ4v) is 6.02. The summed E-state index contributed by atoms with van der Waals surface area (Å²) < 4.78 is 85.0. The molecule has 0 unspecified atom stereocenters. The summed E-state index contributed by atoms with van der Waals surface area (Å²) in [5, 5.41) is 0. The lowest BCUT2D eigenvalue weighted by atomic mass is 10.0. The molecule has 3 aromatic rings. The third-order valence-electron chi connectivity index (χ3n) is 4.73. The van der Waals surface area contributed by atoms with Gasteiger partial charge in [0.25, 0.3) is 0 Å². The van der Waals surface area contributed by atoms with Crippen LogP contribution in [0.25, 0.3) is 11.3 Å². The molecule has 10 heteroatoms. The number of aliphatic imine (C=N–C) groups is 2. The van der Waals surface area contributed by atoms with E-state index in [4.69, 9.17) is 0 Å². The van der Waals surface area contributed by atoms with Gasteiger partial charge in [-0.15, -0.1) is 18.9 Å². The first-order chi connectivity index (χ1) is 15.5. The van der Waals surface area contributed by atoms with E-state index in [2.05, 4.69) is 19.5 Å². The first kappa shape index (κ1) is 23.1. The van der Waals surface area contributed by atoms with Crippen molar-refractivity contribution in [3.8, 4) is 11.3 Å². The highest BCUT2D eigenvalue weighted by molar-refractivity contribution is 14.2. The van der Waals surface area contributed by atoms with E-state index in [0.717, 1.165) is 21.8 Å². The minimum atomic E-state index is -4.55. The van der Waals surface area contributed by atoms with Gasteiger partial charge in [-0.05, 0) is 42.5 Å². The molecule has 2 aromatic carbocycles. The Kier molecular flexibility index (Phi) is 6.12. The third kappa shape index (κ3) is 5.00. The van der Waals surface area contributed by atoms with Gasteiger partial charge in [-0.25, -0.2) is 4.99 Å². The molecular formula is C23H14F6IN3. The average Bonchev–Trinajstić information content (AvgIpc) is 2.78. The quantitative estimate of drug-likeness (QED) is 0.192. The number of pyridine rings is 1. The van der Waals surface area contributed by atoms with Crippen LogP contribution in [0.4, 0.5) is 32.0 Å². The molecule has 2 heterocycles. The largest absolute Gasteiger partial charge is 0.418 e. The Labute approximate surface area is 190 Å². The molecule has 0 radical (unpaired) electrons. The predicted octanol–water partition coefficient (Wildman–Crippen LogP) is 6.86. The van der Waals surface area contributed by atoms with Crippen molar-refractivity contribution in [3.63, 3.8) is 0 Å². The van der Waals surface area contributed by atoms with Crippen molar-refractivity contribution >= 4 is 45.1 Å². The van der Waals surface area contributed by atoms with Crippen LogP contribution in [0.3, 0.4) is 0 Å². The number of hydrogen-bond donors (Lipinski definition) is 0. The van der Waals surface area contributed by atoms with E-state index in [0.29, 0.717) is 22.5 Å².